The van der Waals surface area contributed by atoms with Gasteiger partial charge in [0, 0.05) is 21.8 Å². The topological polar surface area (TPSA) is 125 Å². The molecule has 4 aromatic carbocycles. The van der Waals surface area contributed by atoms with Crippen LogP contribution < -0.4 is 16.0 Å². The van der Waals surface area contributed by atoms with Crippen molar-refractivity contribution in [2.75, 3.05) is 10.6 Å². The van der Waals surface area contributed by atoms with Crippen molar-refractivity contribution in [2.45, 2.75) is 30.4 Å². The Labute approximate surface area is 264 Å². The van der Waals surface area contributed by atoms with Crippen LogP contribution in [0.5, 0.6) is 0 Å². The van der Waals surface area contributed by atoms with Crippen molar-refractivity contribution in [3.63, 3.8) is 0 Å². The third-order valence-electron chi connectivity index (χ3n) is 6.51. The summed E-state index contributed by atoms with van der Waals surface area (Å²) in [5.74, 6) is -2.43. The number of rotatable bonds is 11. The number of carboxylic acid groups (broad SMARTS) is 1. The molecule has 0 fully saturated rings. The van der Waals surface area contributed by atoms with Gasteiger partial charge in [-0.15, -0.1) is 11.8 Å². The third-order valence-corrected chi connectivity index (χ3v) is 8.20. The van der Waals surface area contributed by atoms with E-state index in [1.165, 1.54) is 23.9 Å². The molecule has 0 bridgehead atoms. The minimum atomic E-state index is -1.19. The Morgan fingerprint density at radius 2 is 1.57 bits per heavy atom. The second-order valence-electron chi connectivity index (χ2n) is 9.72. The fourth-order valence-corrected chi connectivity index (χ4v) is 5.38. The molecule has 10 heteroatoms. The monoisotopic (exact) mass is 627 g/mol. The molecule has 4 aromatic rings. The molecule has 224 valence electrons. The van der Waals surface area contributed by atoms with Crippen LogP contribution in [0.1, 0.15) is 45.2 Å². The lowest BCUT2D eigenvalue weighted by atomic mass is 10.1. The van der Waals surface area contributed by atoms with Crippen molar-refractivity contribution in [1.29, 1.82) is 0 Å². The molecule has 0 heterocycles. The van der Waals surface area contributed by atoms with E-state index in [0.29, 0.717) is 23.4 Å². The van der Waals surface area contributed by atoms with Gasteiger partial charge in [0.15, 0.2) is 0 Å². The van der Waals surface area contributed by atoms with Crippen molar-refractivity contribution in [3.8, 4) is 0 Å². The number of aromatic carboxylic acids is 1. The van der Waals surface area contributed by atoms with E-state index >= 15 is 0 Å². The highest BCUT2D eigenvalue weighted by atomic mass is 35.5. The lowest BCUT2D eigenvalue weighted by Crippen LogP contribution is -2.30. The molecule has 1 unspecified atom stereocenters. The molecule has 0 saturated carbocycles. The first-order valence-electron chi connectivity index (χ1n) is 13.7. The number of hydrogen-bond donors (Lipinski definition) is 4. The number of carbonyl (C=O) groups excluding carboxylic acids is 3. The summed E-state index contributed by atoms with van der Waals surface area (Å²) in [6.45, 7) is 3.78. The highest BCUT2D eigenvalue weighted by Crippen LogP contribution is 2.29. The number of amides is 3. The van der Waals surface area contributed by atoms with Crippen LogP contribution >= 0.6 is 23.4 Å². The molecule has 0 saturated heterocycles. The van der Waals surface area contributed by atoms with Crippen molar-refractivity contribution >= 4 is 64.5 Å². The summed E-state index contributed by atoms with van der Waals surface area (Å²) >= 11 is 7.25. The normalized spacial score (nSPS) is 11.8. The van der Waals surface area contributed by atoms with E-state index in [9.17, 15) is 24.3 Å². The molecule has 1 atom stereocenters. The molecule has 4 rings (SSSR count). The maximum Gasteiger partial charge on any atom is 0.337 e. The average molecular weight is 628 g/mol. The molecule has 8 nitrogen and oxygen atoms in total. The zero-order chi connectivity index (χ0) is 31.6. The lowest BCUT2D eigenvalue weighted by Gasteiger charge is -2.16. The average Bonchev–Trinajstić information content (AvgIpc) is 3.01. The maximum absolute atomic E-state index is 13.5. The number of nitrogens with one attached hydrogen (secondary N) is 3. The standard InChI is InChI=1S/C34H30ClN3O5S/c1-3-30(33(41)37-25-16-17-28(35)27(20-25)34(42)43)44-26-15-9-14-24(19-26)36-32(40)29(18-23-13-8-7-10-21(23)2)38-31(39)22-11-5-4-6-12-22/h4-20,30H,3H2,1-2H3,(H,36,40)(H,37,41)(H,38,39)(H,42,43)/b29-18-. The van der Waals surface area contributed by atoms with Gasteiger partial charge in [-0.3, -0.25) is 14.4 Å². The quantitative estimate of drug-likeness (QED) is 0.102. The summed E-state index contributed by atoms with van der Waals surface area (Å²) in [7, 11) is 0. The number of halogens is 1. The highest BCUT2D eigenvalue weighted by molar-refractivity contribution is 8.00. The first kappa shape index (κ1) is 32.1. The molecular formula is C34H30ClN3O5S. The van der Waals surface area contributed by atoms with Gasteiger partial charge in [-0.25, -0.2) is 4.79 Å². The Kier molecular flexibility index (Phi) is 11.0. The predicted molar refractivity (Wildman–Crippen MR) is 175 cm³/mol. The van der Waals surface area contributed by atoms with Crippen LogP contribution in [0.3, 0.4) is 0 Å². The second kappa shape index (κ2) is 15.0. The molecule has 0 radical (unpaired) electrons. The van der Waals surface area contributed by atoms with Crippen molar-refractivity contribution in [2.24, 2.45) is 0 Å². The molecule has 0 aliphatic rings. The van der Waals surface area contributed by atoms with Crippen LogP contribution in [0.15, 0.2) is 108 Å². The first-order valence-corrected chi connectivity index (χ1v) is 15.0. The largest absolute Gasteiger partial charge is 0.478 e. The van der Waals surface area contributed by atoms with Gasteiger partial charge in [0.05, 0.1) is 15.8 Å². The van der Waals surface area contributed by atoms with Crippen LogP contribution in [0.25, 0.3) is 6.08 Å². The molecule has 0 aromatic heterocycles. The maximum atomic E-state index is 13.5. The van der Waals surface area contributed by atoms with E-state index in [1.807, 2.05) is 44.2 Å². The van der Waals surface area contributed by atoms with E-state index in [1.54, 1.807) is 60.7 Å². The number of hydrogen-bond acceptors (Lipinski definition) is 5. The summed E-state index contributed by atoms with van der Waals surface area (Å²) in [4.78, 5) is 51.6. The third kappa shape index (κ3) is 8.59. The number of carboxylic acids is 1. The zero-order valence-corrected chi connectivity index (χ0v) is 25.5. The Morgan fingerprint density at radius 1 is 0.864 bits per heavy atom. The van der Waals surface area contributed by atoms with Crippen LogP contribution in [0.4, 0.5) is 11.4 Å². The van der Waals surface area contributed by atoms with E-state index in [4.69, 9.17) is 11.6 Å². The lowest BCUT2D eigenvalue weighted by molar-refractivity contribution is -0.116. The molecule has 0 spiro atoms. The molecule has 0 aliphatic carbocycles. The number of aryl methyl sites for hydroxylation is 1. The second-order valence-corrected chi connectivity index (χ2v) is 11.4. The molecule has 44 heavy (non-hydrogen) atoms. The van der Waals surface area contributed by atoms with Crippen molar-refractivity contribution in [1.82, 2.24) is 5.32 Å². The van der Waals surface area contributed by atoms with Gasteiger partial charge in [-0.2, -0.15) is 0 Å². The van der Waals surface area contributed by atoms with Crippen LogP contribution in [0.2, 0.25) is 5.02 Å². The zero-order valence-electron chi connectivity index (χ0n) is 24.0. The molecule has 0 aliphatic heterocycles. The van der Waals surface area contributed by atoms with E-state index in [2.05, 4.69) is 16.0 Å². The number of carbonyl (C=O) groups is 4. The van der Waals surface area contributed by atoms with Gasteiger partial charge in [0.1, 0.15) is 5.70 Å². The minimum absolute atomic E-state index is 0.0701. The van der Waals surface area contributed by atoms with Gasteiger partial charge in [-0.1, -0.05) is 67.1 Å². The van der Waals surface area contributed by atoms with E-state index < -0.39 is 23.0 Å². The van der Waals surface area contributed by atoms with E-state index in [0.717, 1.165) is 16.0 Å². The Hall–Kier alpha value is -4.86. The van der Waals surface area contributed by atoms with Gasteiger partial charge >= 0.3 is 5.97 Å². The Balaban J connectivity index is 1.50. The number of benzene rings is 4. The van der Waals surface area contributed by atoms with Gasteiger partial charge < -0.3 is 21.1 Å². The van der Waals surface area contributed by atoms with Gasteiger partial charge in [0.25, 0.3) is 11.8 Å². The summed E-state index contributed by atoms with van der Waals surface area (Å²) in [5.41, 5.74) is 2.89. The van der Waals surface area contributed by atoms with Crippen LogP contribution in [-0.4, -0.2) is 34.0 Å². The predicted octanol–water partition coefficient (Wildman–Crippen LogP) is 7.27. The van der Waals surface area contributed by atoms with E-state index in [-0.39, 0.29) is 22.2 Å². The fraction of sp³-hybridized carbons (Fsp3) is 0.118. The summed E-state index contributed by atoms with van der Waals surface area (Å²) in [6.07, 6.45) is 2.12. The smallest absolute Gasteiger partial charge is 0.337 e. The summed E-state index contributed by atoms with van der Waals surface area (Å²) < 4.78 is 0. The minimum Gasteiger partial charge on any atom is -0.478 e. The van der Waals surface area contributed by atoms with Gasteiger partial charge in [0.2, 0.25) is 5.91 Å². The Morgan fingerprint density at radius 3 is 2.27 bits per heavy atom. The van der Waals surface area contributed by atoms with Crippen LogP contribution in [0, 0.1) is 6.92 Å². The summed E-state index contributed by atoms with van der Waals surface area (Å²) in [5, 5.41) is 17.3. The van der Waals surface area contributed by atoms with Crippen molar-refractivity contribution < 1.29 is 24.3 Å². The molecular weight excluding hydrogens is 598 g/mol. The molecule has 3 amide bonds. The molecule has 4 N–H and O–H groups in total. The summed E-state index contributed by atoms with van der Waals surface area (Å²) in [6, 6.07) is 27.5. The van der Waals surface area contributed by atoms with Gasteiger partial charge in [-0.05, 0) is 79.1 Å². The SMILES string of the molecule is CCC(Sc1cccc(NC(=O)/C(=C/c2ccccc2C)NC(=O)c2ccccc2)c1)C(=O)Nc1ccc(Cl)c(C(=O)O)c1. The first-order chi connectivity index (χ1) is 21.1. The number of anilines is 2. The fourth-order valence-electron chi connectivity index (χ4n) is 4.17. The van der Waals surface area contributed by atoms with Crippen LogP contribution in [-0.2, 0) is 9.59 Å². The number of thioether (sulfide) groups is 1. The Bertz CT molecular complexity index is 1730. The van der Waals surface area contributed by atoms with Crippen molar-refractivity contribution in [3.05, 3.63) is 130 Å². The highest BCUT2D eigenvalue weighted by Gasteiger charge is 2.20.